The van der Waals surface area contributed by atoms with E-state index < -0.39 is 24.3 Å². The smallest absolute Gasteiger partial charge is 0.338 e. The summed E-state index contributed by atoms with van der Waals surface area (Å²) in [6.45, 7) is 3.04. The number of benzene rings is 2. The molecule has 0 bridgehead atoms. The Morgan fingerprint density at radius 3 is 2.45 bits per heavy atom. The van der Waals surface area contributed by atoms with Gasteiger partial charge in [-0.1, -0.05) is 23.8 Å². The monoisotopic (exact) mass is 301 g/mol. The van der Waals surface area contributed by atoms with Crippen LogP contribution in [0.1, 0.15) is 21.5 Å². The maximum Gasteiger partial charge on any atom is 0.338 e. The van der Waals surface area contributed by atoms with Crippen LogP contribution in [0.25, 0.3) is 0 Å². The normalized spacial score (nSPS) is 10.1. The number of carbonyl (C=O) groups is 2. The van der Waals surface area contributed by atoms with Gasteiger partial charge in [-0.25, -0.2) is 9.18 Å². The van der Waals surface area contributed by atoms with Crippen LogP contribution in [-0.4, -0.2) is 18.5 Å². The molecule has 0 aliphatic rings. The van der Waals surface area contributed by atoms with Crippen LogP contribution in [0.5, 0.6) is 0 Å². The predicted molar refractivity (Wildman–Crippen MR) is 81.2 cm³/mol. The molecule has 0 atom stereocenters. The van der Waals surface area contributed by atoms with Gasteiger partial charge in [0.1, 0.15) is 5.82 Å². The average molecular weight is 301 g/mol. The summed E-state index contributed by atoms with van der Waals surface area (Å²) in [6.07, 6.45) is 0. The zero-order valence-corrected chi connectivity index (χ0v) is 12.4. The highest BCUT2D eigenvalue weighted by molar-refractivity contribution is 5.95. The summed E-state index contributed by atoms with van der Waals surface area (Å²) in [5.41, 5.74) is 2.09. The number of esters is 1. The maximum absolute atomic E-state index is 13.4. The van der Waals surface area contributed by atoms with Crippen LogP contribution < -0.4 is 5.32 Å². The lowest BCUT2D eigenvalue weighted by atomic mass is 10.1. The van der Waals surface area contributed by atoms with Crippen molar-refractivity contribution in [3.8, 4) is 0 Å². The first-order valence-electron chi connectivity index (χ1n) is 6.76. The fraction of sp³-hybridized carbons (Fsp3) is 0.176. The Balaban J connectivity index is 1.91. The molecule has 2 rings (SSSR count). The van der Waals surface area contributed by atoms with Gasteiger partial charge in [0.15, 0.2) is 6.61 Å². The van der Waals surface area contributed by atoms with E-state index in [9.17, 15) is 14.0 Å². The third kappa shape index (κ3) is 3.91. The van der Waals surface area contributed by atoms with Crippen LogP contribution in [0.4, 0.5) is 10.1 Å². The van der Waals surface area contributed by atoms with Crippen molar-refractivity contribution in [2.75, 3.05) is 11.9 Å². The van der Waals surface area contributed by atoms with Crippen LogP contribution in [-0.2, 0) is 9.53 Å². The second-order valence-electron chi connectivity index (χ2n) is 4.90. The number of aryl methyl sites for hydroxylation is 1. The van der Waals surface area contributed by atoms with Gasteiger partial charge in [-0.15, -0.1) is 0 Å². The number of halogens is 1. The molecule has 0 aliphatic carbocycles. The van der Waals surface area contributed by atoms with Gasteiger partial charge in [0, 0.05) is 11.3 Å². The molecule has 0 saturated heterocycles. The molecule has 0 aromatic heterocycles. The lowest BCUT2D eigenvalue weighted by Crippen LogP contribution is -2.21. The third-order valence-electron chi connectivity index (χ3n) is 3.16. The lowest BCUT2D eigenvalue weighted by Gasteiger charge is -2.09. The number of hydrogen-bond donors (Lipinski definition) is 1. The number of ether oxygens (including phenoxy) is 1. The van der Waals surface area contributed by atoms with Crippen LogP contribution in [0.2, 0.25) is 0 Å². The van der Waals surface area contributed by atoms with E-state index in [1.807, 2.05) is 6.92 Å². The van der Waals surface area contributed by atoms with Gasteiger partial charge < -0.3 is 10.1 Å². The molecule has 4 nitrogen and oxygen atoms in total. The highest BCUT2D eigenvalue weighted by Gasteiger charge is 2.11. The summed E-state index contributed by atoms with van der Waals surface area (Å²) in [5, 5.41) is 2.51. The van der Waals surface area contributed by atoms with Crippen LogP contribution in [0.3, 0.4) is 0 Å². The van der Waals surface area contributed by atoms with Crippen LogP contribution in [0.15, 0.2) is 42.5 Å². The second kappa shape index (κ2) is 6.85. The number of anilines is 1. The minimum Gasteiger partial charge on any atom is -0.452 e. The minimum atomic E-state index is -0.578. The summed E-state index contributed by atoms with van der Waals surface area (Å²) < 4.78 is 18.3. The average Bonchev–Trinajstić information content (AvgIpc) is 2.50. The summed E-state index contributed by atoms with van der Waals surface area (Å²) in [6, 6.07) is 11.2. The Labute approximate surface area is 127 Å². The molecule has 0 fully saturated rings. The van der Waals surface area contributed by atoms with E-state index in [2.05, 4.69) is 5.32 Å². The van der Waals surface area contributed by atoms with Crippen molar-refractivity contribution >= 4 is 17.6 Å². The minimum absolute atomic E-state index is 0.334. The van der Waals surface area contributed by atoms with Crippen molar-refractivity contribution < 1.29 is 18.7 Å². The van der Waals surface area contributed by atoms with Gasteiger partial charge >= 0.3 is 5.97 Å². The molecule has 2 aromatic rings. The highest BCUT2D eigenvalue weighted by Crippen LogP contribution is 2.17. The molecule has 0 aliphatic heterocycles. The standard InChI is InChI=1S/C17H16FNO3/c1-11-6-8-13(9-7-11)17(21)22-10-16(20)19-15-5-3-4-14(18)12(15)2/h3-9H,10H2,1-2H3,(H,19,20). The Bertz CT molecular complexity index is 696. The molecule has 0 radical (unpaired) electrons. The quantitative estimate of drug-likeness (QED) is 0.882. The Kier molecular flexibility index (Phi) is 4.88. The van der Waals surface area contributed by atoms with E-state index in [0.29, 0.717) is 16.8 Å². The first kappa shape index (κ1) is 15.7. The Hall–Kier alpha value is -2.69. The van der Waals surface area contributed by atoms with Crippen molar-refractivity contribution in [3.63, 3.8) is 0 Å². The first-order chi connectivity index (χ1) is 10.5. The van der Waals surface area contributed by atoms with E-state index in [1.54, 1.807) is 37.3 Å². The SMILES string of the molecule is Cc1ccc(C(=O)OCC(=O)Nc2cccc(F)c2C)cc1. The number of amides is 1. The molecule has 1 amide bonds. The molecule has 22 heavy (non-hydrogen) atoms. The van der Waals surface area contributed by atoms with Crippen molar-refractivity contribution in [2.45, 2.75) is 13.8 Å². The van der Waals surface area contributed by atoms with E-state index in [-0.39, 0.29) is 0 Å². The van der Waals surface area contributed by atoms with Crippen molar-refractivity contribution in [2.24, 2.45) is 0 Å². The van der Waals surface area contributed by atoms with Crippen molar-refractivity contribution in [3.05, 3.63) is 65.0 Å². The van der Waals surface area contributed by atoms with E-state index in [0.717, 1.165) is 5.56 Å². The largest absolute Gasteiger partial charge is 0.452 e. The van der Waals surface area contributed by atoms with E-state index in [1.165, 1.54) is 12.1 Å². The highest BCUT2D eigenvalue weighted by atomic mass is 19.1. The summed E-state index contributed by atoms with van der Waals surface area (Å²) >= 11 is 0. The number of hydrogen-bond acceptors (Lipinski definition) is 3. The Morgan fingerprint density at radius 1 is 1.09 bits per heavy atom. The van der Waals surface area contributed by atoms with Crippen LogP contribution in [0, 0.1) is 19.7 Å². The molecule has 0 unspecified atom stereocenters. The van der Waals surface area contributed by atoms with Gasteiger partial charge in [-0.2, -0.15) is 0 Å². The van der Waals surface area contributed by atoms with Gasteiger partial charge in [0.05, 0.1) is 5.56 Å². The maximum atomic E-state index is 13.4. The van der Waals surface area contributed by atoms with Crippen LogP contribution >= 0.6 is 0 Å². The fourth-order valence-corrected chi connectivity index (χ4v) is 1.83. The van der Waals surface area contributed by atoms with Gasteiger partial charge in [-0.3, -0.25) is 4.79 Å². The van der Waals surface area contributed by atoms with Gasteiger partial charge in [0.25, 0.3) is 5.91 Å². The third-order valence-corrected chi connectivity index (χ3v) is 3.16. The molecule has 0 heterocycles. The first-order valence-corrected chi connectivity index (χ1v) is 6.76. The molecule has 2 aromatic carbocycles. The molecule has 1 N–H and O–H groups in total. The molecule has 0 saturated carbocycles. The molecular formula is C17H16FNO3. The number of carbonyl (C=O) groups excluding carboxylic acids is 2. The lowest BCUT2D eigenvalue weighted by molar-refractivity contribution is -0.119. The van der Waals surface area contributed by atoms with Crippen molar-refractivity contribution in [1.82, 2.24) is 0 Å². The zero-order valence-electron chi connectivity index (χ0n) is 12.4. The number of nitrogens with one attached hydrogen (secondary N) is 1. The second-order valence-corrected chi connectivity index (χ2v) is 4.90. The van der Waals surface area contributed by atoms with Gasteiger partial charge in [-0.05, 0) is 38.1 Å². The van der Waals surface area contributed by atoms with Crippen molar-refractivity contribution in [1.29, 1.82) is 0 Å². The zero-order chi connectivity index (χ0) is 16.1. The Morgan fingerprint density at radius 2 is 1.77 bits per heavy atom. The molecule has 114 valence electrons. The summed E-state index contributed by atoms with van der Waals surface area (Å²) in [5.74, 6) is -1.50. The summed E-state index contributed by atoms with van der Waals surface area (Å²) in [7, 11) is 0. The molecule has 0 spiro atoms. The number of rotatable bonds is 4. The van der Waals surface area contributed by atoms with E-state index in [4.69, 9.17) is 4.74 Å². The van der Waals surface area contributed by atoms with E-state index >= 15 is 0 Å². The predicted octanol–water partition coefficient (Wildman–Crippen LogP) is 3.24. The summed E-state index contributed by atoms with van der Waals surface area (Å²) in [4.78, 5) is 23.5. The molecule has 5 heteroatoms. The topological polar surface area (TPSA) is 55.4 Å². The fourth-order valence-electron chi connectivity index (χ4n) is 1.83. The molecular weight excluding hydrogens is 285 g/mol. The van der Waals surface area contributed by atoms with Gasteiger partial charge in [0.2, 0.25) is 0 Å².